The molecule has 9 heteroatoms. The highest BCUT2D eigenvalue weighted by atomic mass is 16.5. The van der Waals surface area contributed by atoms with Crippen LogP contribution in [0.3, 0.4) is 0 Å². The van der Waals surface area contributed by atoms with Gasteiger partial charge in [-0.15, -0.1) is 0 Å². The van der Waals surface area contributed by atoms with Crippen LogP contribution in [0.15, 0.2) is 59.3 Å². The van der Waals surface area contributed by atoms with Crippen LogP contribution in [0, 0.1) is 0 Å². The van der Waals surface area contributed by atoms with Gasteiger partial charge < -0.3 is 29.2 Å². The number of nitrogens with zero attached hydrogens (tertiary/aromatic N) is 1. The lowest BCUT2D eigenvalue weighted by molar-refractivity contribution is -0.136. The Morgan fingerprint density at radius 3 is 2.29 bits per heavy atom. The van der Waals surface area contributed by atoms with Gasteiger partial charge in [0.15, 0.2) is 18.1 Å². The highest BCUT2D eigenvalue weighted by Crippen LogP contribution is 2.33. The smallest absolute Gasteiger partial charge is 0.340 e. The number of carbonyl (C=O) groups excluding carboxylic acids is 3. The van der Waals surface area contributed by atoms with Crippen molar-refractivity contribution < 1.29 is 33.3 Å². The number of rotatable bonds is 11. The SMILES string of the molecule is COC(=O)C1=C(C)N(CCc2ccc(OC)c(OC)c2)C(=O)/C1=C\c1ccc(OCC(=O)NC(C)C)cc1. The molecule has 0 radical (unpaired) electrons. The predicted molar refractivity (Wildman–Crippen MR) is 143 cm³/mol. The molecule has 2 aromatic rings. The minimum Gasteiger partial charge on any atom is -0.493 e. The summed E-state index contributed by atoms with van der Waals surface area (Å²) in [4.78, 5) is 39.4. The lowest BCUT2D eigenvalue weighted by Crippen LogP contribution is -2.34. The van der Waals surface area contributed by atoms with Crippen LogP contribution in [0.2, 0.25) is 0 Å². The van der Waals surface area contributed by atoms with Crippen molar-refractivity contribution >= 4 is 23.9 Å². The van der Waals surface area contributed by atoms with E-state index in [0.717, 1.165) is 5.56 Å². The maximum atomic E-state index is 13.4. The molecule has 9 nitrogen and oxygen atoms in total. The Morgan fingerprint density at radius 2 is 1.68 bits per heavy atom. The number of hydrogen-bond donors (Lipinski definition) is 1. The molecule has 0 spiro atoms. The number of nitrogens with one attached hydrogen (secondary N) is 1. The second-order valence-electron chi connectivity index (χ2n) is 8.99. The average Bonchev–Trinajstić information content (AvgIpc) is 3.14. The second-order valence-corrected chi connectivity index (χ2v) is 8.99. The first kappa shape index (κ1) is 28.3. The molecule has 0 unspecified atom stereocenters. The van der Waals surface area contributed by atoms with Crippen molar-refractivity contribution in [1.29, 1.82) is 0 Å². The zero-order valence-corrected chi connectivity index (χ0v) is 22.6. The molecule has 1 aliphatic heterocycles. The molecule has 1 N–H and O–H groups in total. The molecule has 1 heterocycles. The van der Waals surface area contributed by atoms with Crippen LogP contribution < -0.4 is 19.5 Å². The summed E-state index contributed by atoms with van der Waals surface area (Å²) in [7, 11) is 4.43. The Kier molecular flexibility index (Phi) is 9.54. The van der Waals surface area contributed by atoms with Crippen LogP contribution in [0.4, 0.5) is 0 Å². The molecule has 1 aliphatic rings. The maximum absolute atomic E-state index is 13.4. The zero-order chi connectivity index (χ0) is 27.8. The summed E-state index contributed by atoms with van der Waals surface area (Å²) < 4.78 is 21.2. The summed E-state index contributed by atoms with van der Waals surface area (Å²) >= 11 is 0. The van der Waals surface area contributed by atoms with Crippen molar-refractivity contribution in [3.05, 3.63) is 70.4 Å². The fourth-order valence-electron chi connectivity index (χ4n) is 4.11. The molecule has 202 valence electrons. The van der Waals surface area contributed by atoms with E-state index in [2.05, 4.69) is 5.32 Å². The third kappa shape index (κ3) is 6.73. The molecule has 3 rings (SSSR count). The van der Waals surface area contributed by atoms with Crippen LogP contribution in [0.1, 0.15) is 31.9 Å². The topological polar surface area (TPSA) is 103 Å². The van der Waals surface area contributed by atoms with Gasteiger partial charge in [0.1, 0.15) is 5.75 Å². The van der Waals surface area contributed by atoms with Gasteiger partial charge in [0.2, 0.25) is 0 Å². The number of amides is 2. The Morgan fingerprint density at radius 1 is 1.00 bits per heavy atom. The van der Waals surface area contributed by atoms with Crippen molar-refractivity contribution in [2.45, 2.75) is 33.2 Å². The lowest BCUT2D eigenvalue weighted by Gasteiger charge is -2.18. The molecule has 0 atom stereocenters. The summed E-state index contributed by atoms with van der Waals surface area (Å²) in [5, 5.41) is 2.76. The fraction of sp³-hybridized carbons (Fsp3) is 0.345. The molecule has 2 amide bonds. The van der Waals surface area contributed by atoms with E-state index in [9.17, 15) is 14.4 Å². The van der Waals surface area contributed by atoms with Crippen molar-refractivity contribution in [2.24, 2.45) is 0 Å². The third-order valence-corrected chi connectivity index (χ3v) is 5.98. The molecule has 0 bridgehead atoms. The van der Waals surface area contributed by atoms with Crippen molar-refractivity contribution in [3.8, 4) is 17.2 Å². The van der Waals surface area contributed by atoms with Gasteiger partial charge in [0.25, 0.3) is 11.8 Å². The number of methoxy groups -OCH3 is 3. The normalized spacial score (nSPS) is 14.2. The Bertz CT molecular complexity index is 1250. The predicted octanol–water partition coefficient (Wildman–Crippen LogP) is 3.52. The van der Waals surface area contributed by atoms with E-state index in [0.29, 0.717) is 41.5 Å². The molecule has 0 aromatic heterocycles. The van der Waals surface area contributed by atoms with Gasteiger partial charge in [0.05, 0.1) is 32.5 Å². The van der Waals surface area contributed by atoms with Gasteiger partial charge in [-0.2, -0.15) is 0 Å². The molecular formula is C29H34N2O7. The summed E-state index contributed by atoms with van der Waals surface area (Å²) in [6.45, 7) is 5.75. The Hall–Kier alpha value is -4.27. The quantitative estimate of drug-likeness (QED) is 0.356. The van der Waals surface area contributed by atoms with E-state index in [4.69, 9.17) is 18.9 Å². The van der Waals surface area contributed by atoms with Gasteiger partial charge in [-0.1, -0.05) is 18.2 Å². The van der Waals surface area contributed by atoms with Crippen molar-refractivity contribution in [1.82, 2.24) is 10.2 Å². The van der Waals surface area contributed by atoms with Gasteiger partial charge in [-0.05, 0) is 68.7 Å². The van der Waals surface area contributed by atoms with Crippen LogP contribution in [-0.2, 0) is 25.5 Å². The monoisotopic (exact) mass is 522 g/mol. The fourth-order valence-corrected chi connectivity index (χ4v) is 4.11. The van der Waals surface area contributed by atoms with Crippen molar-refractivity contribution in [3.63, 3.8) is 0 Å². The minimum atomic E-state index is -0.577. The van der Waals surface area contributed by atoms with Crippen LogP contribution in [-0.4, -0.2) is 63.2 Å². The number of esters is 1. The van der Waals surface area contributed by atoms with E-state index in [1.54, 1.807) is 56.4 Å². The summed E-state index contributed by atoms with van der Waals surface area (Å²) in [5.41, 5.74) is 2.67. The van der Waals surface area contributed by atoms with Crippen LogP contribution in [0.25, 0.3) is 6.08 Å². The lowest BCUT2D eigenvalue weighted by atomic mass is 10.0. The van der Waals surface area contributed by atoms with Gasteiger partial charge in [-0.25, -0.2) is 4.79 Å². The largest absolute Gasteiger partial charge is 0.493 e. The van der Waals surface area contributed by atoms with Crippen molar-refractivity contribution in [2.75, 3.05) is 34.5 Å². The summed E-state index contributed by atoms with van der Waals surface area (Å²) in [6.07, 6.45) is 2.20. The molecular weight excluding hydrogens is 488 g/mol. The van der Waals surface area contributed by atoms with Gasteiger partial charge in [0, 0.05) is 18.3 Å². The van der Waals surface area contributed by atoms with E-state index in [1.165, 1.54) is 7.11 Å². The first-order valence-corrected chi connectivity index (χ1v) is 12.2. The summed E-state index contributed by atoms with van der Waals surface area (Å²) in [6, 6.07) is 12.6. The summed E-state index contributed by atoms with van der Waals surface area (Å²) in [5.74, 6) is 0.673. The number of allylic oxidation sites excluding steroid dienone is 1. The molecule has 0 saturated carbocycles. The number of benzene rings is 2. The first-order chi connectivity index (χ1) is 18.2. The van der Waals surface area contributed by atoms with Gasteiger partial charge in [-0.3, -0.25) is 9.59 Å². The van der Waals surface area contributed by atoms with E-state index in [1.807, 2.05) is 32.0 Å². The highest BCUT2D eigenvalue weighted by Gasteiger charge is 2.36. The average molecular weight is 523 g/mol. The third-order valence-electron chi connectivity index (χ3n) is 5.98. The molecule has 0 saturated heterocycles. The Balaban J connectivity index is 1.78. The number of carbonyl (C=O) groups is 3. The van der Waals surface area contributed by atoms with E-state index in [-0.39, 0.29) is 35.6 Å². The standard InChI is InChI=1S/C29H34N2O7/c1-18(2)30-26(32)17-38-22-10-7-20(8-11-22)15-23-27(29(34)37-6)19(3)31(28(23)33)14-13-21-9-12-24(35-4)25(16-21)36-5/h7-12,15-16,18H,13-14,17H2,1-6H3,(H,30,32)/b23-15-. The van der Waals surface area contributed by atoms with E-state index < -0.39 is 5.97 Å². The van der Waals surface area contributed by atoms with E-state index >= 15 is 0 Å². The number of ether oxygens (including phenoxy) is 4. The Labute approximate surface area is 223 Å². The maximum Gasteiger partial charge on any atom is 0.340 e. The molecule has 38 heavy (non-hydrogen) atoms. The highest BCUT2D eigenvalue weighted by molar-refractivity contribution is 6.16. The molecule has 0 fully saturated rings. The first-order valence-electron chi connectivity index (χ1n) is 12.2. The number of hydrogen-bond acceptors (Lipinski definition) is 7. The van der Waals surface area contributed by atoms with Crippen LogP contribution >= 0.6 is 0 Å². The van der Waals surface area contributed by atoms with Crippen LogP contribution in [0.5, 0.6) is 17.2 Å². The second kappa shape index (κ2) is 12.8. The molecule has 0 aliphatic carbocycles. The molecule has 2 aromatic carbocycles. The zero-order valence-electron chi connectivity index (χ0n) is 22.6. The minimum absolute atomic E-state index is 0.0307. The van der Waals surface area contributed by atoms with Gasteiger partial charge >= 0.3 is 5.97 Å².